The number of halogens is 1. The zero-order valence-corrected chi connectivity index (χ0v) is 27.2. The van der Waals surface area contributed by atoms with E-state index < -0.39 is 28.7 Å². The second-order valence-electron chi connectivity index (χ2n) is 13.8. The first-order valence-corrected chi connectivity index (χ1v) is 16.2. The largest absolute Gasteiger partial charge is 0.456 e. The average Bonchev–Trinajstić information content (AvgIpc) is 3.40. The van der Waals surface area contributed by atoms with Crippen LogP contribution in [-0.2, 0) is 26.5 Å². The highest BCUT2D eigenvalue weighted by Crippen LogP contribution is 2.43. The molecule has 0 saturated carbocycles. The Bertz CT molecular complexity index is 1610. The second kappa shape index (κ2) is 12.2. The Kier molecular flexibility index (Phi) is 8.40. The van der Waals surface area contributed by atoms with Crippen molar-refractivity contribution in [3.05, 3.63) is 95.6 Å². The van der Waals surface area contributed by atoms with Crippen LogP contribution >= 0.6 is 0 Å². The molecule has 2 fully saturated rings. The predicted octanol–water partition coefficient (Wildman–Crippen LogP) is 5.90. The molecule has 0 aliphatic carbocycles. The molecule has 3 aromatic carbocycles. The molecule has 3 aliphatic rings. The number of alkyl halides is 1. The van der Waals surface area contributed by atoms with Crippen molar-refractivity contribution in [3.63, 3.8) is 0 Å². The summed E-state index contributed by atoms with van der Waals surface area (Å²) in [4.78, 5) is 48.3. The van der Waals surface area contributed by atoms with Crippen LogP contribution in [0, 0.1) is 0 Å². The normalized spacial score (nSPS) is 21.3. The summed E-state index contributed by atoms with van der Waals surface area (Å²) < 4.78 is 20.9. The minimum Gasteiger partial charge on any atom is -0.456 e. The monoisotopic (exact) mass is 626 g/mol. The lowest BCUT2D eigenvalue weighted by Crippen LogP contribution is -2.56. The maximum atomic E-state index is 15.2. The Morgan fingerprint density at radius 1 is 0.870 bits per heavy atom. The quantitative estimate of drug-likeness (QED) is 0.290. The van der Waals surface area contributed by atoms with Gasteiger partial charge in [0.1, 0.15) is 11.1 Å². The van der Waals surface area contributed by atoms with E-state index >= 15 is 4.39 Å². The molecule has 1 spiro atoms. The Morgan fingerprint density at radius 2 is 1.52 bits per heavy atom. The van der Waals surface area contributed by atoms with E-state index in [4.69, 9.17) is 4.74 Å². The van der Waals surface area contributed by atoms with Crippen LogP contribution in [-0.4, -0.2) is 71.6 Å². The second-order valence-corrected chi connectivity index (χ2v) is 13.8. The number of piperidine rings is 1. The number of para-hydroxylation sites is 2. The van der Waals surface area contributed by atoms with Gasteiger partial charge in [-0.3, -0.25) is 9.59 Å². The zero-order valence-electron chi connectivity index (χ0n) is 27.2. The molecule has 9 heteroatoms. The predicted molar refractivity (Wildman–Crippen MR) is 176 cm³/mol. The minimum absolute atomic E-state index is 0.0662. The number of carbonyl (C=O) groups excluding carboxylic acids is 3. The number of carbonyl (C=O) groups is 3. The third-order valence-electron chi connectivity index (χ3n) is 9.47. The van der Waals surface area contributed by atoms with Gasteiger partial charge >= 0.3 is 5.97 Å². The molecule has 1 atom stereocenters. The Labute approximate surface area is 270 Å². The van der Waals surface area contributed by atoms with Gasteiger partial charge in [-0.25, -0.2) is 9.18 Å². The summed E-state index contributed by atoms with van der Waals surface area (Å²) in [7, 11) is 0. The van der Waals surface area contributed by atoms with E-state index in [1.165, 1.54) is 6.92 Å². The fraction of sp³-hybridized carbons (Fsp3) is 0.432. The molecule has 0 radical (unpaired) electrons. The van der Waals surface area contributed by atoms with E-state index in [-0.39, 0.29) is 5.91 Å². The molecule has 1 unspecified atom stereocenters. The van der Waals surface area contributed by atoms with Gasteiger partial charge in [0.25, 0.3) is 5.91 Å². The number of hydrogen-bond donors (Lipinski definition) is 0. The van der Waals surface area contributed by atoms with E-state index in [2.05, 4.69) is 9.80 Å². The number of anilines is 2. The van der Waals surface area contributed by atoms with Gasteiger partial charge in [0.15, 0.2) is 0 Å². The molecule has 3 aromatic rings. The summed E-state index contributed by atoms with van der Waals surface area (Å²) in [5.41, 5.74) is -0.0204. The van der Waals surface area contributed by atoms with Crippen molar-refractivity contribution in [3.8, 4) is 0 Å². The van der Waals surface area contributed by atoms with Crippen LogP contribution in [0.4, 0.5) is 15.8 Å². The number of hydrogen-bond acceptors (Lipinski definition) is 6. The lowest BCUT2D eigenvalue weighted by molar-refractivity contribution is -0.134. The summed E-state index contributed by atoms with van der Waals surface area (Å²) in [6, 6.07) is 24.5. The highest BCUT2D eigenvalue weighted by molar-refractivity contribution is 6.06. The molecule has 0 aromatic heterocycles. The molecule has 242 valence electrons. The molecule has 0 bridgehead atoms. The number of amides is 2. The fourth-order valence-corrected chi connectivity index (χ4v) is 7.12. The Balaban J connectivity index is 1.15. The Hall–Kier alpha value is -4.24. The first-order valence-electron chi connectivity index (χ1n) is 16.2. The molecule has 6 rings (SSSR count). The van der Waals surface area contributed by atoms with E-state index in [0.717, 1.165) is 30.9 Å². The van der Waals surface area contributed by atoms with Gasteiger partial charge < -0.3 is 24.3 Å². The summed E-state index contributed by atoms with van der Waals surface area (Å²) in [5.74, 6) is -0.834. The lowest BCUT2D eigenvalue weighted by atomic mass is 9.85. The minimum atomic E-state index is -2.00. The number of esters is 1. The number of fused-ring (bicyclic) bond motifs is 1. The van der Waals surface area contributed by atoms with Gasteiger partial charge in [-0.15, -0.1) is 0 Å². The number of likely N-dealkylation sites (tertiary alicyclic amines) is 1. The number of ether oxygens (including phenoxy) is 1. The van der Waals surface area contributed by atoms with Crippen LogP contribution in [0.1, 0.15) is 68.4 Å². The van der Waals surface area contributed by atoms with E-state index in [9.17, 15) is 14.4 Å². The number of rotatable bonds is 8. The van der Waals surface area contributed by atoms with Crippen LogP contribution in [0.25, 0.3) is 0 Å². The first-order chi connectivity index (χ1) is 21.9. The summed E-state index contributed by atoms with van der Waals surface area (Å²) in [6.07, 6.45) is 2.00. The molecular formula is C37H43FN4O4. The lowest BCUT2D eigenvalue weighted by Gasteiger charge is -2.43. The van der Waals surface area contributed by atoms with Crippen molar-refractivity contribution in [2.75, 3.05) is 42.6 Å². The summed E-state index contributed by atoms with van der Waals surface area (Å²) >= 11 is 0. The van der Waals surface area contributed by atoms with Gasteiger partial charge in [0, 0.05) is 37.4 Å². The fourth-order valence-electron chi connectivity index (χ4n) is 7.12. The molecule has 2 amide bonds. The average molecular weight is 627 g/mol. The van der Waals surface area contributed by atoms with Gasteiger partial charge in [-0.05, 0) is 83.3 Å². The highest BCUT2D eigenvalue weighted by atomic mass is 19.1. The maximum absolute atomic E-state index is 15.2. The van der Waals surface area contributed by atoms with Crippen LogP contribution in [0.2, 0.25) is 0 Å². The van der Waals surface area contributed by atoms with E-state index in [0.29, 0.717) is 55.8 Å². The standard InChI is InChI=1S/C37H43FN4O4/c1-35(2,3)46-32(43)29-16-9-8-13-27(29)25-40-26-42(28-14-6-5-7-15-28)37(34(40)45)19-23-39(24-20-37)21-12-22-41-31-18-11-10-17-30(31)36(4,38)33(41)44/h5-11,13-18H,12,19-26H2,1-4H3. The summed E-state index contributed by atoms with van der Waals surface area (Å²) in [6.45, 7) is 10.2. The molecule has 3 aliphatic heterocycles. The van der Waals surface area contributed by atoms with Crippen molar-refractivity contribution >= 4 is 29.2 Å². The van der Waals surface area contributed by atoms with Crippen molar-refractivity contribution in [2.24, 2.45) is 0 Å². The number of nitrogens with zero attached hydrogens (tertiary/aromatic N) is 4. The van der Waals surface area contributed by atoms with Gasteiger partial charge in [-0.2, -0.15) is 0 Å². The molecule has 8 nitrogen and oxygen atoms in total. The molecule has 3 heterocycles. The van der Waals surface area contributed by atoms with E-state index in [1.807, 2.05) is 86.3 Å². The van der Waals surface area contributed by atoms with Crippen molar-refractivity contribution < 1.29 is 23.5 Å². The van der Waals surface area contributed by atoms with Gasteiger partial charge in [0.2, 0.25) is 11.6 Å². The Morgan fingerprint density at radius 3 is 2.24 bits per heavy atom. The SMILES string of the molecule is CC(C)(C)OC(=O)c1ccccc1CN1CN(c2ccccc2)C2(CCN(CCCN3C(=O)C(C)(F)c4ccccc43)CC2)C1=O. The zero-order chi connectivity index (χ0) is 32.7. The van der Waals surface area contributed by atoms with Gasteiger partial charge in [-0.1, -0.05) is 54.6 Å². The van der Waals surface area contributed by atoms with Crippen molar-refractivity contribution in [1.29, 1.82) is 0 Å². The molecule has 2 saturated heterocycles. The molecule has 46 heavy (non-hydrogen) atoms. The van der Waals surface area contributed by atoms with Crippen LogP contribution in [0.5, 0.6) is 0 Å². The summed E-state index contributed by atoms with van der Waals surface area (Å²) in [5, 5.41) is 0. The third kappa shape index (κ3) is 5.88. The number of benzene rings is 3. The van der Waals surface area contributed by atoms with Crippen molar-refractivity contribution in [2.45, 2.75) is 70.3 Å². The first kappa shape index (κ1) is 31.7. The van der Waals surface area contributed by atoms with Gasteiger partial charge in [0.05, 0.1) is 17.9 Å². The van der Waals surface area contributed by atoms with E-state index in [1.54, 1.807) is 23.1 Å². The maximum Gasteiger partial charge on any atom is 0.338 e. The highest BCUT2D eigenvalue weighted by Gasteiger charge is 2.54. The third-order valence-corrected chi connectivity index (χ3v) is 9.47. The van der Waals surface area contributed by atoms with Crippen LogP contribution < -0.4 is 9.80 Å². The van der Waals surface area contributed by atoms with Crippen LogP contribution in [0.15, 0.2) is 78.9 Å². The molecule has 0 N–H and O–H groups in total. The van der Waals surface area contributed by atoms with Crippen molar-refractivity contribution in [1.82, 2.24) is 9.80 Å². The smallest absolute Gasteiger partial charge is 0.338 e. The topological polar surface area (TPSA) is 73.4 Å². The van der Waals surface area contributed by atoms with Crippen LogP contribution in [0.3, 0.4) is 0 Å². The molecular weight excluding hydrogens is 583 g/mol.